The Morgan fingerprint density at radius 1 is 1.29 bits per heavy atom. The minimum Gasteiger partial charge on any atom is -0.381 e. The van der Waals surface area contributed by atoms with Gasteiger partial charge in [-0.2, -0.15) is 18.3 Å². The number of anilines is 1. The van der Waals surface area contributed by atoms with Gasteiger partial charge in [0.2, 0.25) is 0 Å². The molecule has 0 fully saturated rings. The maximum Gasteiger partial charge on any atom is 0.417 e. The molecule has 0 aromatic carbocycles. The Morgan fingerprint density at radius 3 is 2.47 bits per heavy atom. The number of alkyl halides is 3. The number of nitrogens with two attached hydrogens (primary N) is 1. The average molecular weight is 264 g/mol. The average Bonchev–Trinajstić information content (AvgIpc) is 2.63. The summed E-state index contributed by atoms with van der Waals surface area (Å²) in [6, 6.07) is 0.753. The van der Waals surface area contributed by atoms with Crippen LogP contribution in [-0.2, 0) is 6.18 Å². The monoisotopic (exact) mass is 263 g/mol. The second-order valence-electron chi connectivity index (χ2n) is 3.09. The Labute approximate surface area is 98.0 Å². The van der Waals surface area contributed by atoms with Gasteiger partial charge in [-0.25, -0.2) is 4.98 Å². The van der Waals surface area contributed by atoms with E-state index >= 15 is 0 Å². The highest BCUT2D eigenvalue weighted by Gasteiger charge is 2.31. The van der Waals surface area contributed by atoms with Gasteiger partial charge in [0.1, 0.15) is 0 Å². The molecule has 2 N–H and O–H groups in total. The molecule has 0 atom stereocenters. The maximum atomic E-state index is 12.3. The number of aromatic nitrogens is 4. The summed E-state index contributed by atoms with van der Waals surface area (Å²) in [6.07, 6.45) is -2.61. The van der Waals surface area contributed by atoms with Crippen LogP contribution < -0.4 is 5.73 Å². The zero-order valence-corrected chi connectivity index (χ0v) is 8.87. The standard InChI is InChI=1S/C8H5ClF3N5/c9-5-1-4(8(10,11)12)2-14-7(5)17-15-3-6(13)16-17/h1-3H,(H2,13,16). The first-order valence-corrected chi connectivity index (χ1v) is 4.66. The molecule has 90 valence electrons. The Bertz CT molecular complexity index is 550. The van der Waals surface area contributed by atoms with Crippen molar-refractivity contribution >= 4 is 17.4 Å². The van der Waals surface area contributed by atoms with Gasteiger partial charge in [-0.3, -0.25) is 0 Å². The number of rotatable bonds is 1. The lowest BCUT2D eigenvalue weighted by molar-refractivity contribution is -0.137. The minimum atomic E-state index is -4.49. The second-order valence-corrected chi connectivity index (χ2v) is 3.49. The number of nitrogens with zero attached hydrogens (tertiary/aromatic N) is 4. The molecule has 0 aliphatic heterocycles. The fraction of sp³-hybridized carbons (Fsp3) is 0.125. The van der Waals surface area contributed by atoms with Crippen molar-refractivity contribution in [1.29, 1.82) is 0 Å². The van der Waals surface area contributed by atoms with Crippen LogP contribution in [0.4, 0.5) is 19.0 Å². The molecule has 5 nitrogen and oxygen atoms in total. The molecule has 0 spiro atoms. The molecule has 0 unspecified atom stereocenters. The number of hydrogen-bond acceptors (Lipinski definition) is 4. The predicted molar refractivity (Wildman–Crippen MR) is 53.6 cm³/mol. The van der Waals surface area contributed by atoms with E-state index in [1.165, 1.54) is 6.20 Å². The first-order chi connectivity index (χ1) is 7.88. The molecule has 2 aromatic heterocycles. The highest BCUT2D eigenvalue weighted by Crippen LogP contribution is 2.31. The van der Waals surface area contributed by atoms with E-state index in [2.05, 4.69) is 15.2 Å². The lowest BCUT2D eigenvalue weighted by atomic mass is 10.3. The van der Waals surface area contributed by atoms with Crippen LogP contribution in [0.5, 0.6) is 0 Å². The van der Waals surface area contributed by atoms with Gasteiger partial charge in [-0.05, 0) is 6.07 Å². The third-order valence-corrected chi connectivity index (χ3v) is 2.13. The Hall–Kier alpha value is -1.83. The van der Waals surface area contributed by atoms with Crippen LogP contribution in [0.15, 0.2) is 18.5 Å². The highest BCUT2D eigenvalue weighted by atomic mass is 35.5. The first kappa shape index (κ1) is 11.6. The van der Waals surface area contributed by atoms with Gasteiger partial charge >= 0.3 is 6.18 Å². The van der Waals surface area contributed by atoms with Gasteiger partial charge in [0.25, 0.3) is 0 Å². The van der Waals surface area contributed by atoms with Crippen LogP contribution in [0.1, 0.15) is 5.56 Å². The first-order valence-electron chi connectivity index (χ1n) is 4.29. The number of nitrogen functional groups attached to an aromatic ring is 1. The van der Waals surface area contributed by atoms with Crippen LogP contribution in [-0.4, -0.2) is 20.0 Å². The SMILES string of the molecule is Nc1cnn(-c2ncc(C(F)(F)F)cc2Cl)n1. The molecule has 0 saturated heterocycles. The van der Waals surface area contributed by atoms with Crippen LogP contribution >= 0.6 is 11.6 Å². The van der Waals surface area contributed by atoms with Gasteiger partial charge in [-0.1, -0.05) is 11.6 Å². The molecule has 2 aromatic rings. The summed E-state index contributed by atoms with van der Waals surface area (Å²) < 4.78 is 37.0. The van der Waals surface area contributed by atoms with Crippen molar-refractivity contribution in [2.75, 3.05) is 5.73 Å². The molecule has 0 aliphatic rings. The fourth-order valence-electron chi connectivity index (χ4n) is 1.11. The fourth-order valence-corrected chi connectivity index (χ4v) is 1.35. The second kappa shape index (κ2) is 3.88. The zero-order valence-electron chi connectivity index (χ0n) is 8.11. The third-order valence-electron chi connectivity index (χ3n) is 1.85. The van der Waals surface area contributed by atoms with Crippen molar-refractivity contribution in [2.45, 2.75) is 6.18 Å². The highest BCUT2D eigenvalue weighted by molar-refractivity contribution is 6.32. The number of pyridine rings is 1. The van der Waals surface area contributed by atoms with Crippen molar-refractivity contribution in [2.24, 2.45) is 0 Å². The Balaban J connectivity index is 2.45. The van der Waals surface area contributed by atoms with Gasteiger partial charge in [0, 0.05) is 6.20 Å². The quantitative estimate of drug-likeness (QED) is 0.853. The molecule has 17 heavy (non-hydrogen) atoms. The van der Waals surface area contributed by atoms with Crippen molar-refractivity contribution in [3.05, 3.63) is 29.0 Å². The topological polar surface area (TPSA) is 69.6 Å². The molecule has 0 amide bonds. The molecule has 0 saturated carbocycles. The molecule has 2 rings (SSSR count). The molecular formula is C8H5ClF3N5. The van der Waals surface area contributed by atoms with E-state index in [0.29, 0.717) is 6.20 Å². The maximum absolute atomic E-state index is 12.3. The summed E-state index contributed by atoms with van der Waals surface area (Å²) in [5.74, 6) is 0.0964. The normalized spacial score (nSPS) is 11.8. The summed E-state index contributed by atoms with van der Waals surface area (Å²) in [6.45, 7) is 0. The van der Waals surface area contributed by atoms with E-state index < -0.39 is 11.7 Å². The van der Waals surface area contributed by atoms with E-state index in [-0.39, 0.29) is 16.7 Å². The lowest BCUT2D eigenvalue weighted by Crippen LogP contribution is -2.09. The minimum absolute atomic E-state index is 0.0173. The number of halogens is 4. The molecule has 0 radical (unpaired) electrons. The van der Waals surface area contributed by atoms with E-state index in [9.17, 15) is 13.2 Å². The van der Waals surface area contributed by atoms with E-state index in [1.54, 1.807) is 0 Å². The summed E-state index contributed by atoms with van der Waals surface area (Å²) in [4.78, 5) is 4.51. The molecule has 0 aliphatic carbocycles. The van der Waals surface area contributed by atoms with Crippen molar-refractivity contribution in [3.8, 4) is 5.82 Å². The predicted octanol–water partition coefficient (Wildman–Crippen LogP) is 1.92. The molecule has 0 bridgehead atoms. The Kier molecular flexibility index (Phi) is 2.66. The smallest absolute Gasteiger partial charge is 0.381 e. The largest absolute Gasteiger partial charge is 0.417 e. The third kappa shape index (κ3) is 2.31. The van der Waals surface area contributed by atoms with E-state index in [4.69, 9.17) is 17.3 Å². The van der Waals surface area contributed by atoms with Gasteiger partial charge in [0.15, 0.2) is 11.6 Å². The summed E-state index contributed by atoms with van der Waals surface area (Å²) in [5, 5.41) is 7.17. The summed E-state index contributed by atoms with van der Waals surface area (Å²) >= 11 is 5.68. The number of hydrogen-bond donors (Lipinski definition) is 1. The van der Waals surface area contributed by atoms with Crippen molar-refractivity contribution < 1.29 is 13.2 Å². The van der Waals surface area contributed by atoms with Crippen molar-refractivity contribution in [3.63, 3.8) is 0 Å². The molecule has 9 heteroatoms. The zero-order chi connectivity index (χ0) is 12.6. The van der Waals surface area contributed by atoms with E-state index in [0.717, 1.165) is 10.9 Å². The van der Waals surface area contributed by atoms with E-state index in [1.807, 2.05) is 0 Å². The van der Waals surface area contributed by atoms with Crippen LogP contribution in [0.2, 0.25) is 5.02 Å². The summed E-state index contributed by atoms with van der Waals surface area (Å²) in [7, 11) is 0. The van der Waals surface area contributed by atoms with Gasteiger partial charge < -0.3 is 5.73 Å². The van der Waals surface area contributed by atoms with Crippen LogP contribution in [0, 0.1) is 0 Å². The van der Waals surface area contributed by atoms with Crippen LogP contribution in [0.25, 0.3) is 5.82 Å². The summed E-state index contributed by atoms with van der Waals surface area (Å²) in [5.41, 5.74) is 4.38. The molecular weight excluding hydrogens is 259 g/mol. The van der Waals surface area contributed by atoms with Crippen molar-refractivity contribution in [1.82, 2.24) is 20.0 Å². The van der Waals surface area contributed by atoms with Gasteiger partial charge in [-0.15, -0.1) is 9.90 Å². The lowest BCUT2D eigenvalue weighted by Gasteiger charge is -2.08. The van der Waals surface area contributed by atoms with Gasteiger partial charge in [0.05, 0.1) is 16.8 Å². The van der Waals surface area contributed by atoms with Crippen LogP contribution in [0.3, 0.4) is 0 Å². The molecule has 2 heterocycles. The Morgan fingerprint density at radius 2 is 2.00 bits per heavy atom.